The quantitative estimate of drug-likeness (QED) is 0.512. The summed E-state index contributed by atoms with van der Waals surface area (Å²) in [6, 6.07) is 14.0. The van der Waals surface area contributed by atoms with Crippen molar-refractivity contribution in [3.63, 3.8) is 0 Å². The molecule has 1 N–H and O–H groups in total. The number of rotatable bonds is 9. The smallest absolute Gasteiger partial charge is 0.316 e. The minimum atomic E-state index is -0.900. The van der Waals surface area contributed by atoms with E-state index in [1.807, 2.05) is 25.1 Å². The van der Waals surface area contributed by atoms with Gasteiger partial charge >= 0.3 is 5.97 Å². The number of benzene rings is 2. The maximum atomic E-state index is 12.3. The van der Waals surface area contributed by atoms with E-state index in [1.165, 1.54) is 6.92 Å². The Bertz CT molecular complexity index is 835. The summed E-state index contributed by atoms with van der Waals surface area (Å²) in [6.07, 6.45) is -0.900. The van der Waals surface area contributed by atoms with Gasteiger partial charge in [-0.25, -0.2) is 0 Å². The summed E-state index contributed by atoms with van der Waals surface area (Å²) in [5.41, 5.74) is 2.20. The van der Waals surface area contributed by atoms with E-state index >= 15 is 0 Å². The average molecular weight is 401 g/mol. The number of ketones is 1. The molecule has 0 heterocycles. The highest BCUT2D eigenvalue weighted by Crippen LogP contribution is 2.15. The molecule has 0 unspecified atom stereocenters. The van der Waals surface area contributed by atoms with Crippen LogP contribution in [0, 0.1) is 6.92 Å². The van der Waals surface area contributed by atoms with Gasteiger partial charge in [-0.05, 0) is 55.8 Å². The van der Waals surface area contributed by atoms with Crippen LogP contribution in [0.3, 0.4) is 0 Å². The number of hydrogen-bond acceptors (Lipinski definition) is 6. The lowest BCUT2D eigenvalue weighted by molar-refractivity contribution is -0.143. The van der Waals surface area contributed by atoms with Crippen LogP contribution in [-0.4, -0.2) is 42.4 Å². The van der Waals surface area contributed by atoms with E-state index in [2.05, 4.69) is 5.32 Å². The maximum absolute atomic E-state index is 12.3. The number of hydrogen-bond donors (Lipinski definition) is 1. The molecule has 7 heteroatoms. The summed E-state index contributed by atoms with van der Waals surface area (Å²) in [5, 5.41) is 2.77. The molecule has 0 saturated heterocycles. The van der Waals surface area contributed by atoms with Gasteiger partial charge in [0.05, 0.1) is 18.6 Å². The average Bonchev–Trinajstić information content (AvgIpc) is 2.67. The Hall–Kier alpha value is -2.80. The number of ether oxygens (including phenoxy) is 2. The van der Waals surface area contributed by atoms with Crippen LogP contribution in [0.1, 0.15) is 22.8 Å². The highest BCUT2D eigenvalue weighted by atomic mass is 32.2. The highest BCUT2D eigenvalue weighted by molar-refractivity contribution is 8.00. The van der Waals surface area contributed by atoms with Crippen LogP contribution in [0.2, 0.25) is 0 Å². The molecule has 0 bridgehead atoms. The first-order valence-electron chi connectivity index (χ1n) is 8.71. The third-order valence-electron chi connectivity index (χ3n) is 3.81. The van der Waals surface area contributed by atoms with Gasteiger partial charge in [-0.1, -0.05) is 12.1 Å². The number of carbonyl (C=O) groups is 3. The monoisotopic (exact) mass is 401 g/mol. The molecule has 2 rings (SSSR count). The van der Waals surface area contributed by atoms with Gasteiger partial charge < -0.3 is 14.8 Å². The zero-order chi connectivity index (χ0) is 20.5. The van der Waals surface area contributed by atoms with Crippen LogP contribution in [-0.2, 0) is 14.3 Å². The maximum Gasteiger partial charge on any atom is 0.316 e. The molecule has 6 nitrogen and oxygen atoms in total. The molecule has 0 radical (unpaired) electrons. The first kappa shape index (κ1) is 21.5. The van der Waals surface area contributed by atoms with Crippen molar-refractivity contribution in [3.05, 3.63) is 59.7 Å². The lowest BCUT2D eigenvalue weighted by Gasteiger charge is -2.12. The largest absolute Gasteiger partial charge is 0.497 e. The molecule has 1 atom stereocenters. The number of esters is 1. The van der Waals surface area contributed by atoms with Gasteiger partial charge in [0.25, 0.3) is 0 Å². The fourth-order valence-electron chi connectivity index (χ4n) is 2.42. The molecule has 0 aromatic heterocycles. The van der Waals surface area contributed by atoms with Gasteiger partial charge in [-0.2, -0.15) is 0 Å². The fourth-order valence-corrected chi connectivity index (χ4v) is 3.02. The standard InChI is InChI=1S/C21H23NO5S/c1-14-5-4-6-17(11-14)22-19(23)12-28-13-20(24)27-15(2)21(25)16-7-9-18(26-3)10-8-16/h4-11,15H,12-13H2,1-3H3,(H,22,23)/t15-/m1/s1. The van der Waals surface area contributed by atoms with Crippen LogP contribution in [0.5, 0.6) is 5.75 Å². The van der Waals surface area contributed by atoms with Gasteiger partial charge in [-0.15, -0.1) is 11.8 Å². The van der Waals surface area contributed by atoms with Crippen molar-refractivity contribution >= 4 is 35.1 Å². The zero-order valence-electron chi connectivity index (χ0n) is 16.1. The van der Waals surface area contributed by atoms with Crippen molar-refractivity contribution in [2.45, 2.75) is 20.0 Å². The first-order chi connectivity index (χ1) is 13.4. The molecule has 2 aromatic rings. The molecule has 0 aliphatic carbocycles. The number of Topliss-reactive ketones (excluding diaryl/α,β-unsaturated/α-hetero) is 1. The number of methoxy groups -OCH3 is 1. The second-order valence-corrected chi connectivity index (χ2v) is 7.12. The van der Waals surface area contributed by atoms with Gasteiger partial charge in [0.2, 0.25) is 11.7 Å². The van der Waals surface area contributed by atoms with Crippen LogP contribution in [0.15, 0.2) is 48.5 Å². The molecule has 0 saturated carbocycles. The third kappa shape index (κ3) is 6.74. The number of thioether (sulfide) groups is 1. The van der Waals surface area contributed by atoms with Crippen molar-refractivity contribution in [1.29, 1.82) is 0 Å². The minimum absolute atomic E-state index is 0.0124. The summed E-state index contributed by atoms with van der Waals surface area (Å²) in [5.74, 6) is -0.293. The number of anilines is 1. The SMILES string of the molecule is COc1ccc(C(=O)[C@@H](C)OC(=O)CSCC(=O)Nc2cccc(C)c2)cc1. The summed E-state index contributed by atoms with van der Waals surface area (Å²) < 4.78 is 10.2. The Labute approximate surface area is 168 Å². The molecule has 28 heavy (non-hydrogen) atoms. The number of nitrogens with one attached hydrogen (secondary N) is 1. The molecule has 2 aromatic carbocycles. The van der Waals surface area contributed by atoms with E-state index in [4.69, 9.17) is 9.47 Å². The van der Waals surface area contributed by atoms with E-state index in [-0.39, 0.29) is 23.2 Å². The van der Waals surface area contributed by atoms with Crippen molar-refractivity contribution < 1.29 is 23.9 Å². The Balaban J connectivity index is 1.73. The van der Waals surface area contributed by atoms with Crippen LogP contribution >= 0.6 is 11.8 Å². The fraction of sp³-hybridized carbons (Fsp3) is 0.286. The Morgan fingerprint density at radius 1 is 1.07 bits per heavy atom. The highest BCUT2D eigenvalue weighted by Gasteiger charge is 2.19. The molecule has 0 spiro atoms. The van der Waals surface area contributed by atoms with Gasteiger partial charge in [-0.3, -0.25) is 14.4 Å². The van der Waals surface area contributed by atoms with E-state index in [0.29, 0.717) is 17.0 Å². The lowest BCUT2D eigenvalue weighted by atomic mass is 10.1. The van der Waals surface area contributed by atoms with E-state index in [1.54, 1.807) is 37.4 Å². The summed E-state index contributed by atoms with van der Waals surface area (Å²) >= 11 is 1.13. The van der Waals surface area contributed by atoms with Crippen molar-refractivity contribution in [3.8, 4) is 5.75 Å². The van der Waals surface area contributed by atoms with E-state index in [0.717, 1.165) is 17.3 Å². The predicted molar refractivity (Wildman–Crippen MR) is 110 cm³/mol. The summed E-state index contributed by atoms with van der Waals surface area (Å²) in [6.45, 7) is 3.47. The zero-order valence-corrected chi connectivity index (χ0v) is 16.9. The third-order valence-corrected chi connectivity index (χ3v) is 4.71. The number of amides is 1. The van der Waals surface area contributed by atoms with E-state index in [9.17, 15) is 14.4 Å². The molecule has 148 valence electrons. The Morgan fingerprint density at radius 2 is 1.79 bits per heavy atom. The van der Waals surface area contributed by atoms with Gasteiger partial charge in [0.15, 0.2) is 6.10 Å². The summed E-state index contributed by atoms with van der Waals surface area (Å²) in [7, 11) is 1.54. The second-order valence-electron chi connectivity index (χ2n) is 6.14. The molecule has 0 fully saturated rings. The normalized spacial score (nSPS) is 11.4. The molecule has 0 aliphatic heterocycles. The molecule has 0 aliphatic rings. The van der Waals surface area contributed by atoms with Crippen LogP contribution in [0.25, 0.3) is 0 Å². The van der Waals surface area contributed by atoms with Crippen molar-refractivity contribution in [2.75, 3.05) is 23.9 Å². The van der Waals surface area contributed by atoms with E-state index < -0.39 is 12.1 Å². The topological polar surface area (TPSA) is 81.7 Å². The first-order valence-corrected chi connectivity index (χ1v) is 9.86. The Morgan fingerprint density at radius 3 is 2.43 bits per heavy atom. The molecular weight excluding hydrogens is 378 g/mol. The van der Waals surface area contributed by atoms with Crippen LogP contribution < -0.4 is 10.1 Å². The van der Waals surface area contributed by atoms with Crippen molar-refractivity contribution in [2.24, 2.45) is 0 Å². The predicted octanol–water partition coefficient (Wildman–Crippen LogP) is 3.49. The second kappa shape index (κ2) is 10.5. The number of aryl methyl sites for hydroxylation is 1. The number of carbonyl (C=O) groups excluding carboxylic acids is 3. The minimum Gasteiger partial charge on any atom is -0.497 e. The van der Waals surface area contributed by atoms with Crippen LogP contribution in [0.4, 0.5) is 5.69 Å². The summed E-state index contributed by atoms with van der Waals surface area (Å²) in [4.78, 5) is 36.2. The van der Waals surface area contributed by atoms with Crippen molar-refractivity contribution in [1.82, 2.24) is 0 Å². The molecule has 1 amide bonds. The van der Waals surface area contributed by atoms with Gasteiger partial charge in [0, 0.05) is 11.3 Å². The molecular formula is C21H23NO5S. The van der Waals surface area contributed by atoms with Gasteiger partial charge in [0.1, 0.15) is 5.75 Å². The lowest BCUT2D eigenvalue weighted by Crippen LogP contribution is -2.25. The Kier molecular flexibility index (Phi) is 8.07.